The lowest BCUT2D eigenvalue weighted by atomic mass is 10.2. The van der Waals surface area contributed by atoms with Crippen LogP contribution >= 0.6 is 23.4 Å². The van der Waals surface area contributed by atoms with Crippen molar-refractivity contribution in [2.75, 3.05) is 23.7 Å². The number of hydrogen-bond acceptors (Lipinski definition) is 5. The van der Waals surface area contributed by atoms with Crippen molar-refractivity contribution < 1.29 is 4.74 Å². The summed E-state index contributed by atoms with van der Waals surface area (Å²) in [6.45, 7) is 7.99. The SMILES string of the molecule is CCSc1cc(N2C[C@@H](C)O[C@@H](C)C2)nc(-c2ccccc2Cl)n1. The largest absolute Gasteiger partial charge is 0.372 e. The molecule has 1 aliphatic heterocycles. The zero-order valence-electron chi connectivity index (χ0n) is 14.2. The number of anilines is 1. The zero-order chi connectivity index (χ0) is 17.1. The number of hydrogen-bond donors (Lipinski definition) is 0. The third kappa shape index (κ3) is 4.02. The first kappa shape index (κ1) is 17.5. The molecule has 0 aliphatic carbocycles. The molecule has 3 rings (SSSR count). The van der Waals surface area contributed by atoms with E-state index in [2.05, 4.69) is 31.7 Å². The highest BCUT2D eigenvalue weighted by Gasteiger charge is 2.24. The summed E-state index contributed by atoms with van der Waals surface area (Å²) in [4.78, 5) is 11.8. The van der Waals surface area contributed by atoms with E-state index in [9.17, 15) is 0 Å². The van der Waals surface area contributed by atoms with Crippen molar-refractivity contribution in [3.05, 3.63) is 35.4 Å². The minimum absolute atomic E-state index is 0.190. The molecule has 0 N–H and O–H groups in total. The van der Waals surface area contributed by atoms with Crippen LogP contribution in [0.15, 0.2) is 35.4 Å². The van der Waals surface area contributed by atoms with Gasteiger partial charge in [-0.05, 0) is 31.7 Å². The Bertz CT molecular complexity index is 702. The van der Waals surface area contributed by atoms with Crippen LogP contribution in [0.1, 0.15) is 20.8 Å². The average molecular weight is 364 g/mol. The van der Waals surface area contributed by atoms with E-state index in [1.807, 2.05) is 24.3 Å². The van der Waals surface area contributed by atoms with Crippen LogP contribution in [-0.2, 0) is 4.74 Å². The number of rotatable bonds is 4. The molecule has 6 heteroatoms. The van der Waals surface area contributed by atoms with Gasteiger partial charge in [0.15, 0.2) is 5.82 Å². The molecule has 1 aromatic carbocycles. The predicted octanol–water partition coefficient (Wildman–Crippen LogP) is 4.52. The Morgan fingerprint density at radius 1 is 1.21 bits per heavy atom. The molecule has 1 saturated heterocycles. The van der Waals surface area contributed by atoms with E-state index in [1.165, 1.54) is 0 Å². The summed E-state index contributed by atoms with van der Waals surface area (Å²) in [5.74, 6) is 2.59. The van der Waals surface area contributed by atoms with E-state index in [0.717, 1.165) is 35.2 Å². The first-order chi connectivity index (χ1) is 11.6. The van der Waals surface area contributed by atoms with Crippen molar-refractivity contribution in [1.82, 2.24) is 9.97 Å². The number of ether oxygens (including phenoxy) is 1. The molecular weight excluding hydrogens is 342 g/mol. The Hall–Kier alpha value is -1.30. The maximum absolute atomic E-state index is 6.35. The lowest BCUT2D eigenvalue weighted by Gasteiger charge is -2.36. The summed E-state index contributed by atoms with van der Waals surface area (Å²) in [5, 5.41) is 1.65. The number of thioether (sulfide) groups is 1. The van der Waals surface area contributed by atoms with Crippen LogP contribution in [0.25, 0.3) is 11.4 Å². The third-order valence-electron chi connectivity index (χ3n) is 3.84. The van der Waals surface area contributed by atoms with Crippen LogP contribution in [0, 0.1) is 0 Å². The van der Waals surface area contributed by atoms with E-state index < -0.39 is 0 Å². The van der Waals surface area contributed by atoms with Crippen molar-refractivity contribution in [3.63, 3.8) is 0 Å². The first-order valence-corrected chi connectivity index (χ1v) is 9.60. The molecule has 2 atom stereocenters. The Labute approximate surface area is 152 Å². The fraction of sp³-hybridized carbons (Fsp3) is 0.444. The van der Waals surface area contributed by atoms with E-state index in [0.29, 0.717) is 10.8 Å². The fourth-order valence-corrected chi connectivity index (χ4v) is 3.78. The first-order valence-electron chi connectivity index (χ1n) is 8.24. The van der Waals surface area contributed by atoms with Gasteiger partial charge in [-0.1, -0.05) is 30.7 Å². The molecule has 0 saturated carbocycles. The summed E-state index contributed by atoms with van der Waals surface area (Å²) in [6.07, 6.45) is 0.379. The second kappa shape index (κ2) is 7.72. The predicted molar refractivity (Wildman–Crippen MR) is 101 cm³/mol. The second-order valence-corrected chi connectivity index (χ2v) is 7.65. The number of halogens is 1. The summed E-state index contributed by atoms with van der Waals surface area (Å²) >= 11 is 8.07. The minimum atomic E-state index is 0.190. The lowest BCUT2D eigenvalue weighted by Crippen LogP contribution is -2.45. The number of aromatic nitrogens is 2. The lowest BCUT2D eigenvalue weighted by molar-refractivity contribution is -0.00547. The molecule has 2 aromatic rings. The van der Waals surface area contributed by atoms with E-state index in [1.54, 1.807) is 11.8 Å². The monoisotopic (exact) mass is 363 g/mol. The van der Waals surface area contributed by atoms with Gasteiger partial charge in [0, 0.05) is 24.7 Å². The normalized spacial score (nSPS) is 21.1. The summed E-state index contributed by atoms with van der Waals surface area (Å²) in [6, 6.07) is 9.79. The van der Waals surface area contributed by atoms with Gasteiger partial charge in [-0.25, -0.2) is 9.97 Å². The molecular formula is C18H22ClN3OS. The van der Waals surface area contributed by atoms with Crippen molar-refractivity contribution >= 4 is 29.2 Å². The molecule has 1 fully saturated rings. The van der Waals surface area contributed by atoms with Crippen LogP contribution < -0.4 is 4.90 Å². The molecule has 1 aliphatic rings. The standard InChI is InChI=1S/C18H22ClN3OS/c1-4-24-17-9-16(22-10-12(2)23-13(3)11-22)20-18(21-17)14-7-5-6-8-15(14)19/h5-9,12-13H,4,10-11H2,1-3H3/t12-,13+. The molecule has 0 bridgehead atoms. The maximum Gasteiger partial charge on any atom is 0.164 e. The van der Waals surface area contributed by atoms with Gasteiger partial charge >= 0.3 is 0 Å². The number of benzene rings is 1. The Balaban J connectivity index is 2.01. The highest BCUT2D eigenvalue weighted by atomic mass is 35.5. The molecule has 4 nitrogen and oxygen atoms in total. The van der Waals surface area contributed by atoms with Crippen molar-refractivity contribution in [2.45, 2.75) is 38.0 Å². The van der Waals surface area contributed by atoms with Gasteiger partial charge in [-0.2, -0.15) is 0 Å². The topological polar surface area (TPSA) is 38.2 Å². The quantitative estimate of drug-likeness (QED) is 0.589. The van der Waals surface area contributed by atoms with E-state index in [-0.39, 0.29) is 12.2 Å². The van der Waals surface area contributed by atoms with Crippen molar-refractivity contribution in [3.8, 4) is 11.4 Å². The Morgan fingerprint density at radius 2 is 1.92 bits per heavy atom. The molecule has 128 valence electrons. The van der Waals surface area contributed by atoms with Gasteiger partial charge in [0.05, 0.1) is 17.2 Å². The van der Waals surface area contributed by atoms with Gasteiger partial charge in [0.25, 0.3) is 0 Å². The van der Waals surface area contributed by atoms with Crippen LogP contribution in [0.4, 0.5) is 5.82 Å². The van der Waals surface area contributed by atoms with Gasteiger partial charge < -0.3 is 9.64 Å². The van der Waals surface area contributed by atoms with Gasteiger partial charge in [-0.3, -0.25) is 0 Å². The molecule has 0 spiro atoms. The van der Waals surface area contributed by atoms with Gasteiger partial charge in [0.2, 0.25) is 0 Å². The highest BCUT2D eigenvalue weighted by molar-refractivity contribution is 7.99. The van der Waals surface area contributed by atoms with Gasteiger partial charge in [-0.15, -0.1) is 11.8 Å². The number of nitrogens with zero attached hydrogens (tertiary/aromatic N) is 3. The molecule has 2 heterocycles. The van der Waals surface area contributed by atoms with Crippen LogP contribution in [0.3, 0.4) is 0 Å². The summed E-state index contributed by atoms with van der Waals surface area (Å²) in [5.41, 5.74) is 0.869. The zero-order valence-corrected chi connectivity index (χ0v) is 15.8. The fourth-order valence-electron chi connectivity index (χ4n) is 2.92. The van der Waals surface area contributed by atoms with Gasteiger partial charge in [0.1, 0.15) is 10.8 Å². The van der Waals surface area contributed by atoms with Crippen molar-refractivity contribution in [1.29, 1.82) is 0 Å². The van der Waals surface area contributed by atoms with E-state index in [4.69, 9.17) is 26.3 Å². The smallest absolute Gasteiger partial charge is 0.164 e. The molecule has 1 aromatic heterocycles. The number of morpholine rings is 1. The van der Waals surface area contributed by atoms with Crippen LogP contribution in [0.5, 0.6) is 0 Å². The highest BCUT2D eigenvalue weighted by Crippen LogP contribution is 2.30. The maximum atomic E-state index is 6.35. The van der Waals surface area contributed by atoms with Crippen molar-refractivity contribution in [2.24, 2.45) is 0 Å². The summed E-state index contributed by atoms with van der Waals surface area (Å²) < 4.78 is 5.84. The van der Waals surface area contributed by atoms with Crippen LogP contribution in [-0.4, -0.2) is 41.0 Å². The van der Waals surface area contributed by atoms with E-state index >= 15 is 0 Å². The Kier molecular flexibility index (Phi) is 5.64. The molecule has 0 amide bonds. The second-order valence-electron chi connectivity index (χ2n) is 5.96. The Morgan fingerprint density at radius 3 is 2.58 bits per heavy atom. The molecule has 24 heavy (non-hydrogen) atoms. The van der Waals surface area contributed by atoms with Crippen LogP contribution in [0.2, 0.25) is 5.02 Å². The average Bonchev–Trinajstić information content (AvgIpc) is 2.54. The third-order valence-corrected chi connectivity index (χ3v) is 4.96. The molecule has 0 unspecified atom stereocenters. The minimum Gasteiger partial charge on any atom is -0.372 e. The summed E-state index contributed by atoms with van der Waals surface area (Å²) in [7, 11) is 0. The molecule has 0 radical (unpaired) electrons.